The Balaban J connectivity index is 2.17. The van der Waals surface area contributed by atoms with Gasteiger partial charge in [0.1, 0.15) is 12.4 Å². The van der Waals surface area contributed by atoms with Gasteiger partial charge in [0.25, 0.3) is 0 Å². The summed E-state index contributed by atoms with van der Waals surface area (Å²) >= 11 is 0. The number of rotatable bonds is 9. The third-order valence-electron chi connectivity index (χ3n) is 2.42. The first kappa shape index (κ1) is 13.2. The maximum Gasteiger partial charge on any atom is 0.243 e. The zero-order valence-corrected chi connectivity index (χ0v) is 10.4. The van der Waals surface area contributed by atoms with Gasteiger partial charge in [0.2, 0.25) is 6.33 Å². The zero-order valence-electron chi connectivity index (χ0n) is 10.4. The number of methoxy groups -OCH3 is 1. The van der Waals surface area contributed by atoms with Crippen molar-refractivity contribution in [2.75, 3.05) is 26.9 Å². The number of imidazole rings is 1. The molecule has 16 heavy (non-hydrogen) atoms. The van der Waals surface area contributed by atoms with Crippen molar-refractivity contribution in [1.29, 1.82) is 0 Å². The Morgan fingerprint density at radius 2 is 2.12 bits per heavy atom. The quantitative estimate of drug-likeness (QED) is 0.469. The maximum atomic E-state index is 5.30. The van der Waals surface area contributed by atoms with Gasteiger partial charge in [-0.1, -0.05) is 0 Å². The van der Waals surface area contributed by atoms with E-state index in [1.807, 2.05) is 6.92 Å². The van der Waals surface area contributed by atoms with Gasteiger partial charge in [-0.05, 0) is 6.92 Å². The Bertz CT molecular complexity index is 274. The van der Waals surface area contributed by atoms with E-state index in [2.05, 4.69) is 27.9 Å². The summed E-state index contributed by atoms with van der Waals surface area (Å²) in [4.78, 5) is 0. The van der Waals surface area contributed by atoms with E-state index in [0.717, 1.165) is 45.8 Å². The molecule has 92 valence electrons. The minimum Gasteiger partial charge on any atom is -0.385 e. The van der Waals surface area contributed by atoms with Crippen molar-refractivity contribution in [3.05, 3.63) is 18.7 Å². The fourth-order valence-corrected chi connectivity index (χ4v) is 1.59. The number of hydrogen-bond donors (Lipinski definition) is 0. The molecule has 1 aromatic rings. The van der Waals surface area contributed by atoms with E-state index in [1.165, 1.54) is 0 Å². The molecule has 0 saturated heterocycles. The van der Waals surface area contributed by atoms with Crippen molar-refractivity contribution >= 4 is 0 Å². The second-order valence-corrected chi connectivity index (χ2v) is 3.79. The molecule has 0 aliphatic heterocycles. The van der Waals surface area contributed by atoms with Crippen LogP contribution in [0.25, 0.3) is 0 Å². The van der Waals surface area contributed by atoms with Crippen molar-refractivity contribution < 1.29 is 14.0 Å². The minimum atomic E-state index is 0.808. The second-order valence-electron chi connectivity index (χ2n) is 3.79. The molecular weight excluding hydrogens is 204 g/mol. The second kappa shape index (κ2) is 8.30. The van der Waals surface area contributed by atoms with Crippen molar-refractivity contribution in [1.82, 2.24) is 4.57 Å². The van der Waals surface area contributed by atoms with Crippen LogP contribution in [-0.2, 0) is 22.6 Å². The molecule has 4 nitrogen and oxygen atoms in total. The lowest BCUT2D eigenvalue weighted by Gasteiger charge is -1.98. The van der Waals surface area contributed by atoms with Gasteiger partial charge in [0, 0.05) is 33.2 Å². The number of nitrogens with zero attached hydrogens (tertiary/aromatic N) is 2. The van der Waals surface area contributed by atoms with E-state index in [9.17, 15) is 0 Å². The van der Waals surface area contributed by atoms with Crippen molar-refractivity contribution in [3.63, 3.8) is 0 Å². The van der Waals surface area contributed by atoms with Crippen LogP contribution in [0.2, 0.25) is 0 Å². The Kier molecular flexibility index (Phi) is 6.85. The summed E-state index contributed by atoms with van der Waals surface area (Å²) < 4.78 is 14.7. The number of hydrogen-bond acceptors (Lipinski definition) is 2. The average Bonchev–Trinajstić information content (AvgIpc) is 2.73. The molecule has 0 unspecified atom stereocenters. The highest BCUT2D eigenvalue weighted by molar-refractivity contribution is 4.65. The Hall–Kier alpha value is -0.870. The van der Waals surface area contributed by atoms with E-state index < -0.39 is 0 Å². The van der Waals surface area contributed by atoms with Crippen LogP contribution >= 0.6 is 0 Å². The van der Waals surface area contributed by atoms with Crippen LogP contribution in [-0.4, -0.2) is 31.5 Å². The molecule has 4 heteroatoms. The van der Waals surface area contributed by atoms with Gasteiger partial charge in [0.15, 0.2) is 0 Å². The molecule has 0 saturated carbocycles. The Morgan fingerprint density at radius 3 is 2.88 bits per heavy atom. The van der Waals surface area contributed by atoms with Crippen LogP contribution in [0.15, 0.2) is 18.7 Å². The van der Waals surface area contributed by atoms with Gasteiger partial charge in [-0.2, -0.15) is 0 Å². The predicted molar refractivity (Wildman–Crippen MR) is 62.2 cm³/mol. The number of ether oxygens (including phenoxy) is 2. The normalized spacial score (nSPS) is 10.9. The fraction of sp³-hybridized carbons (Fsp3) is 0.750. The first-order chi connectivity index (χ1) is 7.86. The maximum absolute atomic E-state index is 5.30. The highest BCUT2D eigenvalue weighted by Crippen LogP contribution is 1.91. The first-order valence-corrected chi connectivity index (χ1v) is 5.98. The molecule has 0 aliphatic carbocycles. The summed E-state index contributed by atoms with van der Waals surface area (Å²) in [5, 5.41) is 0. The minimum absolute atomic E-state index is 0.808. The van der Waals surface area contributed by atoms with Crippen molar-refractivity contribution in [3.8, 4) is 0 Å². The SMILES string of the molecule is CCOCCCn1cc[n+](CCCOC)c1. The molecule has 1 heterocycles. The molecular formula is C12H23N2O2+. The molecule has 0 bridgehead atoms. The monoisotopic (exact) mass is 227 g/mol. The molecule has 0 aromatic carbocycles. The molecule has 0 radical (unpaired) electrons. The summed E-state index contributed by atoms with van der Waals surface area (Å²) in [6, 6.07) is 0. The summed E-state index contributed by atoms with van der Waals surface area (Å²) in [6.07, 6.45) is 8.49. The largest absolute Gasteiger partial charge is 0.385 e. The van der Waals surface area contributed by atoms with Gasteiger partial charge in [-0.25, -0.2) is 9.13 Å². The van der Waals surface area contributed by atoms with Crippen LogP contribution in [0.3, 0.4) is 0 Å². The molecule has 0 spiro atoms. The smallest absolute Gasteiger partial charge is 0.243 e. The van der Waals surface area contributed by atoms with Crippen LogP contribution in [0, 0.1) is 0 Å². The van der Waals surface area contributed by atoms with Gasteiger partial charge in [0.05, 0.1) is 19.7 Å². The van der Waals surface area contributed by atoms with E-state index in [1.54, 1.807) is 7.11 Å². The van der Waals surface area contributed by atoms with Gasteiger partial charge >= 0.3 is 0 Å². The highest BCUT2D eigenvalue weighted by Gasteiger charge is 2.02. The Labute approximate surface area is 97.8 Å². The fourth-order valence-electron chi connectivity index (χ4n) is 1.59. The lowest BCUT2D eigenvalue weighted by molar-refractivity contribution is -0.697. The third kappa shape index (κ3) is 5.28. The molecule has 1 rings (SSSR count). The Morgan fingerprint density at radius 1 is 1.25 bits per heavy atom. The van der Waals surface area contributed by atoms with E-state index >= 15 is 0 Å². The average molecular weight is 227 g/mol. The topological polar surface area (TPSA) is 27.3 Å². The highest BCUT2D eigenvalue weighted by atomic mass is 16.5. The van der Waals surface area contributed by atoms with E-state index in [0.29, 0.717) is 0 Å². The molecule has 0 atom stereocenters. The summed E-state index contributed by atoms with van der Waals surface area (Å²) in [6.45, 7) is 6.55. The predicted octanol–water partition coefficient (Wildman–Crippen LogP) is 1.24. The lowest BCUT2D eigenvalue weighted by Crippen LogP contribution is -2.31. The summed E-state index contributed by atoms with van der Waals surface area (Å²) in [5.74, 6) is 0. The number of aryl methyl sites for hydroxylation is 2. The molecule has 1 aromatic heterocycles. The van der Waals surface area contributed by atoms with Crippen LogP contribution in [0.1, 0.15) is 19.8 Å². The van der Waals surface area contributed by atoms with E-state index in [4.69, 9.17) is 9.47 Å². The van der Waals surface area contributed by atoms with Gasteiger partial charge in [-0.3, -0.25) is 0 Å². The third-order valence-corrected chi connectivity index (χ3v) is 2.42. The van der Waals surface area contributed by atoms with Crippen LogP contribution in [0.4, 0.5) is 0 Å². The van der Waals surface area contributed by atoms with Crippen LogP contribution < -0.4 is 4.57 Å². The molecule has 0 aliphatic rings. The van der Waals surface area contributed by atoms with Crippen molar-refractivity contribution in [2.24, 2.45) is 0 Å². The van der Waals surface area contributed by atoms with Gasteiger partial charge < -0.3 is 9.47 Å². The number of aromatic nitrogens is 2. The molecule has 0 amide bonds. The summed E-state index contributed by atoms with van der Waals surface area (Å²) in [7, 11) is 1.74. The standard InChI is InChI=1S/C12H23N2O2/c1-3-16-11-5-7-14-9-8-13(12-14)6-4-10-15-2/h8-9,12H,3-7,10-11H2,1-2H3/q+1. The van der Waals surface area contributed by atoms with E-state index in [-0.39, 0.29) is 0 Å². The van der Waals surface area contributed by atoms with Crippen LogP contribution in [0.5, 0.6) is 0 Å². The lowest BCUT2D eigenvalue weighted by atomic mass is 10.4. The summed E-state index contributed by atoms with van der Waals surface area (Å²) in [5.41, 5.74) is 0. The van der Waals surface area contributed by atoms with Crippen molar-refractivity contribution in [2.45, 2.75) is 32.9 Å². The zero-order chi connectivity index (χ0) is 11.6. The molecule has 0 N–H and O–H groups in total. The molecule has 0 fully saturated rings. The first-order valence-electron chi connectivity index (χ1n) is 5.98. The van der Waals surface area contributed by atoms with Gasteiger partial charge in [-0.15, -0.1) is 0 Å².